The van der Waals surface area contributed by atoms with Crippen LogP contribution in [0, 0.1) is 0 Å². The van der Waals surface area contributed by atoms with Crippen molar-refractivity contribution in [1.29, 1.82) is 0 Å². The van der Waals surface area contributed by atoms with Crippen molar-refractivity contribution in [3.63, 3.8) is 0 Å². The van der Waals surface area contributed by atoms with Gasteiger partial charge < -0.3 is 9.47 Å². The zero-order valence-corrected chi connectivity index (χ0v) is 17.7. The molecule has 0 fully saturated rings. The van der Waals surface area contributed by atoms with Crippen LogP contribution in [0.4, 0.5) is 0 Å². The number of halogens is 2. The third kappa shape index (κ3) is 8.77. The molecule has 2 rings (SSSR count). The van der Waals surface area contributed by atoms with Crippen molar-refractivity contribution in [2.24, 2.45) is 0 Å². The van der Waals surface area contributed by atoms with E-state index in [2.05, 4.69) is 68.3 Å². The molecule has 0 saturated carbocycles. The molecular formula is C22H22Br2O2. The van der Waals surface area contributed by atoms with Gasteiger partial charge in [-0.1, -0.05) is 85.0 Å². The van der Waals surface area contributed by atoms with Crippen molar-refractivity contribution in [1.82, 2.24) is 0 Å². The van der Waals surface area contributed by atoms with E-state index in [4.69, 9.17) is 9.47 Å². The molecule has 0 heterocycles. The summed E-state index contributed by atoms with van der Waals surface area (Å²) < 4.78 is 12.3. The van der Waals surface area contributed by atoms with E-state index < -0.39 is 0 Å². The Morgan fingerprint density at radius 2 is 1.12 bits per heavy atom. The number of hydrogen-bond donors (Lipinski definition) is 0. The van der Waals surface area contributed by atoms with E-state index in [1.54, 1.807) is 0 Å². The smallest absolute Gasteiger partial charge is 0.0722 e. The predicted octanol–water partition coefficient (Wildman–Crippen LogP) is 6.45. The lowest BCUT2D eigenvalue weighted by Crippen LogP contribution is -2.06. The molecular weight excluding hydrogens is 456 g/mol. The predicted molar refractivity (Wildman–Crippen MR) is 117 cm³/mol. The van der Waals surface area contributed by atoms with E-state index in [0.29, 0.717) is 26.4 Å². The Balaban J connectivity index is 1.66. The summed E-state index contributed by atoms with van der Waals surface area (Å²) in [5.41, 5.74) is 3.37. The zero-order valence-electron chi connectivity index (χ0n) is 14.5. The maximum Gasteiger partial charge on any atom is 0.0722 e. The lowest BCUT2D eigenvalue weighted by molar-refractivity contribution is 0.146. The average Bonchev–Trinajstić information content (AvgIpc) is 2.67. The molecule has 26 heavy (non-hydrogen) atoms. The van der Waals surface area contributed by atoms with Gasteiger partial charge in [-0.05, 0) is 43.0 Å². The Kier molecular flexibility index (Phi) is 10.3. The maximum absolute atomic E-state index is 5.70. The van der Waals surface area contributed by atoms with Gasteiger partial charge in [0.2, 0.25) is 0 Å². The van der Waals surface area contributed by atoms with Gasteiger partial charge in [0.25, 0.3) is 0 Å². The van der Waals surface area contributed by atoms with Crippen molar-refractivity contribution in [3.05, 3.63) is 92.9 Å². The van der Waals surface area contributed by atoms with Gasteiger partial charge in [0.15, 0.2) is 0 Å². The quantitative estimate of drug-likeness (QED) is 0.366. The van der Waals surface area contributed by atoms with Crippen molar-refractivity contribution < 1.29 is 9.47 Å². The van der Waals surface area contributed by atoms with Gasteiger partial charge in [-0.15, -0.1) is 0 Å². The van der Waals surface area contributed by atoms with Crippen LogP contribution in [-0.4, -0.2) is 26.4 Å². The molecule has 2 nitrogen and oxygen atoms in total. The van der Waals surface area contributed by atoms with Gasteiger partial charge >= 0.3 is 0 Å². The molecule has 0 aliphatic rings. The second-order valence-corrected chi connectivity index (χ2v) is 8.17. The first kappa shape index (κ1) is 20.8. The first-order valence-corrected chi connectivity index (χ1v) is 9.96. The summed E-state index contributed by atoms with van der Waals surface area (Å²) in [7, 11) is 0. The highest BCUT2D eigenvalue weighted by Crippen LogP contribution is 2.19. The molecule has 0 amide bonds. The van der Waals surface area contributed by atoms with Crippen LogP contribution in [0.5, 0.6) is 0 Å². The molecule has 0 N–H and O–H groups in total. The van der Waals surface area contributed by atoms with Crippen LogP contribution in [0.25, 0.3) is 12.2 Å². The molecule has 2 aromatic carbocycles. The van der Waals surface area contributed by atoms with E-state index in [-0.39, 0.29) is 0 Å². The minimum atomic E-state index is 0.507. The Hall–Kier alpha value is -1.46. The van der Waals surface area contributed by atoms with Crippen molar-refractivity contribution in [2.75, 3.05) is 26.4 Å². The van der Waals surface area contributed by atoms with Gasteiger partial charge in [0.05, 0.1) is 29.8 Å². The highest BCUT2D eigenvalue weighted by atomic mass is 79.9. The van der Waals surface area contributed by atoms with Crippen LogP contribution in [0.2, 0.25) is 0 Å². The largest absolute Gasteiger partial charge is 0.373 e. The summed E-state index contributed by atoms with van der Waals surface area (Å²) in [6, 6.07) is 20.4. The van der Waals surface area contributed by atoms with E-state index in [1.165, 1.54) is 11.1 Å². The minimum Gasteiger partial charge on any atom is -0.373 e. The van der Waals surface area contributed by atoms with Crippen LogP contribution in [0.1, 0.15) is 11.1 Å². The van der Waals surface area contributed by atoms with Crippen LogP contribution in [-0.2, 0) is 9.47 Å². The van der Waals surface area contributed by atoms with Gasteiger partial charge in [0, 0.05) is 5.57 Å². The fourth-order valence-electron chi connectivity index (χ4n) is 2.15. The summed E-state index contributed by atoms with van der Waals surface area (Å²) in [4.78, 5) is 0. The molecule has 0 bridgehead atoms. The highest BCUT2D eigenvalue weighted by molar-refractivity contribution is 9.28. The SMILES string of the molecule is BrC(Br)=C(COC/C=C/c1ccccc1)COC/C=C/c1ccccc1. The molecule has 0 saturated heterocycles. The molecule has 136 valence electrons. The van der Waals surface area contributed by atoms with Crippen LogP contribution >= 0.6 is 31.9 Å². The molecule has 0 aromatic heterocycles. The lowest BCUT2D eigenvalue weighted by atomic mass is 10.2. The van der Waals surface area contributed by atoms with Crippen molar-refractivity contribution in [3.8, 4) is 0 Å². The van der Waals surface area contributed by atoms with Gasteiger partial charge in [-0.2, -0.15) is 0 Å². The summed E-state index contributed by atoms with van der Waals surface area (Å²) in [6.45, 7) is 2.12. The standard InChI is InChI=1S/C22H22Br2O2/c23-22(24)21(17-25-15-7-13-19-9-3-1-4-10-19)18-26-16-8-14-20-11-5-2-6-12-20/h1-14H,15-18H2/b13-7+,14-8+. The summed E-state index contributed by atoms with van der Waals surface area (Å²) in [5.74, 6) is 0. The molecule has 0 radical (unpaired) electrons. The lowest BCUT2D eigenvalue weighted by Gasteiger charge is -2.08. The Bertz CT molecular complexity index is 661. The van der Waals surface area contributed by atoms with Gasteiger partial charge in [-0.25, -0.2) is 0 Å². The van der Waals surface area contributed by atoms with Gasteiger partial charge in [-0.3, -0.25) is 0 Å². The van der Waals surface area contributed by atoms with Crippen molar-refractivity contribution in [2.45, 2.75) is 0 Å². The summed E-state index contributed by atoms with van der Waals surface area (Å²) in [6.07, 6.45) is 8.13. The van der Waals surface area contributed by atoms with E-state index >= 15 is 0 Å². The second kappa shape index (κ2) is 12.8. The Morgan fingerprint density at radius 3 is 1.50 bits per heavy atom. The normalized spacial score (nSPS) is 11.3. The number of benzene rings is 2. The van der Waals surface area contributed by atoms with Crippen LogP contribution in [0.3, 0.4) is 0 Å². The monoisotopic (exact) mass is 476 g/mol. The van der Waals surface area contributed by atoms with E-state index in [9.17, 15) is 0 Å². The summed E-state index contributed by atoms with van der Waals surface area (Å²) >= 11 is 6.91. The highest BCUT2D eigenvalue weighted by Gasteiger charge is 2.02. The van der Waals surface area contributed by atoms with E-state index in [1.807, 2.05) is 48.6 Å². The Labute approximate surface area is 172 Å². The molecule has 0 unspecified atom stereocenters. The molecule has 0 aliphatic carbocycles. The topological polar surface area (TPSA) is 18.5 Å². The maximum atomic E-state index is 5.70. The fourth-order valence-corrected chi connectivity index (χ4v) is 2.61. The minimum absolute atomic E-state index is 0.507. The number of rotatable bonds is 10. The third-order valence-electron chi connectivity index (χ3n) is 3.47. The molecule has 4 heteroatoms. The van der Waals surface area contributed by atoms with Crippen molar-refractivity contribution >= 4 is 44.0 Å². The first-order chi connectivity index (χ1) is 12.8. The number of hydrogen-bond acceptors (Lipinski definition) is 2. The van der Waals surface area contributed by atoms with Gasteiger partial charge in [0.1, 0.15) is 0 Å². The first-order valence-electron chi connectivity index (χ1n) is 8.37. The Morgan fingerprint density at radius 1 is 0.692 bits per heavy atom. The summed E-state index contributed by atoms with van der Waals surface area (Å²) in [5, 5.41) is 0. The molecule has 0 atom stereocenters. The van der Waals surface area contributed by atoms with E-state index in [0.717, 1.165) is 8.96 Å². The molecule has 2 aromatic rings. The zero-order chi connectivity index (χ0) is 18.5. The molecule has 0 spiro atoms. The molecule has 0 aliphatic heterocycles. The fraction of sp³-hybridized carbons (Fsp3) is 0.182. The average molecular weight is 478 g/mol. The second-order valence-electron chi connectivity index (χ2n) is 5.52. The number of ether oxygens (including phenoxy) is 2. The van der Waals surface area contributed by atoms with Crippen LogP contribution < -0.4 is 0 Å². The third-order valence-corrected chi connectivity index (χ3v) is 4.59. The van der Waals surface area contributed by atoms with Crippen LogP contribution in [0.15, 0.2) is 81.8 Å².